The van der Waals surface area contributed by atoms with Gasteiger partial charge in [0.1, 0.15) is 12.2 Å². The van der Waals surface area contributed by atoms with Gasteiger partial charge in [-0.25, -0.2) is 0 Å². The molecule has 2 aliphatic heterocycles. The number of carbonyl (C=O) groups is 2. The molecule has 6 rings (SSSR count). The molecule has 0 amide bonds. The summed E-state index contributed by atoms with van der Waals surface area (Å²) in [6.07, 6.45) is -1.36. The van der Waals surface area contributed by atoms with E-state index in [0.29, 0.717) is 46.0 Å². The predicted octanol–water partition coefficient (Wildman–Crippen LogP) is 12.5. The fraction of sp³-hybridized carbons (Fsp3) is 0.469. The molecule has 0 fully saturated rings. The Balaban J connectivity index is 0.000000316. The van der Waals surface area contributed by atoms with E-state index in [4.69, 9.17) is 28.4 Å². The zero-order valence-electron chi connectivity index (χ0n) is 40.3. The number of benzene rings is 4. The van der Waals surface area contributed by atoms with Crippen molar-refractivity contribution in [1.82, 2.24) is 0 Å². The van der Waals surface area contributed by atoms with Gasteiger partial charge in [0.05, 0.1) is 54.8 Å². The number of nitro groups is 4. The molecule has 20 nitrogen and oxygen atoms in total. The van der Waals surface area contributed by atoms with Gasteiger partial charge in [0, 0.05) is 23.3 Å². The van der Waals surface area contributed by atoms with Crippen LogP contribution in [0.25, 0.3) is 0 Å². The standard InChI is InChI=1S/C13H15NO6.2C12H15NO4.C11H15NO2.CH4/c1-7(2)13(15)20-8(3)9-4-11-12(19-6-18-11)5-10(9)14(16)17;1-7(2)8(3)9-4-11-12(17-6-16-11)5-10(9)13(14)15;1-8(2)12(14)17-9(3)10-6-4-5-7-11(10)13(15)16;1-8(2)9(3)10-6-4-5-7-11(10)12(13)14;/h4-5,7-8H,6H2,1-3H3;4-5,7-8H,6H2,1-3H3;4-9H,1-3H3;4-9H,1-3H3;1H4. The van der Waals surface area contributed by atoms with Crippen LogP contribution in [0.1, 0.15) is 137 Å². The van der Waals surface area contributed by atoms with Crippen LogP contribution in [0.2, 0.25) is 0 Å². The van der Waals surface area contributed by atoms with E-state index >= 15 is 0 Å². The molecule has 2 aliphatic rings. The Bertz CT molecular complexity index is 2440. The second-order valence-electron chi connectivity index (χ2n) is 17.2. The molecule has 20 heteroatoms. The van der Waals surface area contributed by atoms with Crippen molar-refractivity contribution in [3.05, 3.63) is 136 Å². The summed E-state index contributed by atoms with van der Waals surface area (Å²) in [6.45, 7) is 22.4. The van der Waals surface area contributed by atoms with Crippen molar-refractivity contribution in [2.75, 3.05) is 13.6 Å². The first-order valence-electron chi connectivity index (χ1n) is 21.9. The molecular weight excluding hydrogens is 901 g/mol. The minimum atomic E-state index is -0.736. The number of ether oxygens (including phenoxy) is 6. The molecule has 0 N–H and O–H groups in total. The molecule has 0 saturated heterocycles. The van der Waals surface area contributed by atoms with E-state index in [1.165, 1.54) is 24.3 Å². The van der Waals surface area contributed by atoms with Crippen molar-refractivity contribution >= 4 is 34.7 Å². The minimum absolute atomic E-state index is 0. The van der Waals surface area contributed by atoms with E-state index in [9.17, 15) is 50.0 Å². The van der Waals surface area contributed by atoms with Gasteiger partial charge in [0.25, 0.3) is 22.7 Å². The molecular formula is C49H64N4O16. The van der Waals surface area contributed by atoms with Crippen molar-refractivity contribution in [3.63, 3.8) is 0 Å². The van der Waals surface area contributed by atoms with Crippen LogP contribution in [0.5, 0.6) is 23.0 Å². The van der Waals surface area contributed by atoms with E-state index in [1.54, 1.807) is 77.9 Å². The summed E-state index contributed by atoms with van der Waals surface area (Å²) < 4.78 is 31.1. The van der Waals surface area contributed by atoms with Gasteiger partial charge >= 0.3 is 11.9 Å². The highest BCUT2D eigenvalue weighted by Gasteiger charge is 2.30. The van der Waals surface area contributed by atoms with Gasteiger partial charge in [-0.2, -0.15) is 0 Å². The minimum Gasteiger partial charge on any atom is -0.457 e. The van der Waals surface area contributed by atoms with Crippen LogP contribution in [0.15, 0.2) is 72.8 Å². The first kappa shape index (κ1) is 57.7. The third kappa shape index (κ3) is 15.9. The molecule has 4 unspecified atom stereocenters. The molecule has 0 bridgehead atoms. The van der Waals surface area contributed by atoms with Crippen LogP contribution >= 0.6 is 0 Å². The smallest absolute Gasteiger partial charge is 0.308 e. The Hall–Kier alpha value is -7.38. The maximum absolute atomic E-state index is 11.6. The molecule has 4 aromatic carbocycles. The Morgan fingerprint density at radius 1 is 0.449 bits per heavy atom. The van der Waals surface area contributed by atoms with E-state index in [0.717, 1.165) is 5.56 Å². The first-order chi connectivity index (χ1) is 31.9. The molecule has 0 aliphatic carbocycles. The fourth-order valence-corrected chi connectivity index (χ4v) is 6.40. The molecule has 376 valence electrons. The summed E-state index contributed by atoms with van der Waals surface area (Å²) in [4.78, 5) is 65.1. The molecule has 0 radical (unpaired) electrons. The van der Waals surface area contributed by atoms with Gasteiger partial charge in [-0.05, 0) is 55.7 Å². The van der Waals surface area contributed by atoms with Crippen LogP contribution in [0, 0.1) is 64.1 Å². The van der Waals surface area contributed by atoms with E-state index in [2.05, 4.69) is 13.8 Å². The number of fused-ring (bicyclic) bond motifs is 2. The van der Waals surface area contributed by atoms with Crippen LogP contribution in [0.3, 0.4) is 0 Å². The van der Waals surface area contributed by atoms with Gasteiger partial charge in [-0.3, -0.25) is 50.0 Å². The molecule has 0 saturated carbocycles. The highest BCUT2D eigenvalue weighted by atomic mass is 16.7. The highest BCUT2D eigenvalue weighted by molar-refractivity contribution is 5.72. The molecule has 4 aromatic rings. The van der Waals surface area contributed by atoms with E-state index < -0.39 is 28.0 Å². The van der Waals surface area contributed by atoms with Crippen LogP contribution in [0.4, 0.5) is 22.7 Å². The highest BCUT2D eigenvalue weighted by Crippen LogP contribution is 2.43. The van der Waals surface area contributed by atoms with Gasteiger partial charge in [0.15, 0.2) is 23.0 Å². The summed E-state index contributed by atoms with van der Waals surface area (Å²) in [6, 6.07) is 19.2. The lowest BCUT2D eigenvalue weighted by molar-refractivity contribution is -0.386. The number of nitrogens with zero attached hydrogens (tertiary/aromatic N) is 4. The van der Waals surface area contributed by atoms with Crippen molar-refractivity contribution in [2.24, 2.45) is 23.7 Å². The van der Waals surface area contributed by atoms with Gasteiger partial charge in [0.2, 0.25) is 13.6 Å². The molecule has 2 heterocycles. The Labute approximate surface area is 401 Å². The SMILES string of the molecule is C.CC(C)C(=O)OC(C)c1cc2c(cc1[N+](=O)[O-])OCO2.CC(C)C(=O)OC(C)c1ccccc1[N+](=O)[O-].CC(C)C(C)c1cc2c(cc1[N+](=O)[O-])OCO2.CC(C)C(C)c1ccccc1[N+](=O)[O-]. The Kier molecular flexibility index (Phi) is 22.0. The number of para-hydroxylation sites is 2. The summed E-state index contributed by atoms with van der Waals surface area (Å²) in [5, 5.41) is 43.7. The Morgan fingerprint density at radius 2 is 0.754 bits per heavy atom. The second-order valence-corrected chi connectivity index (χ2v) is 17.2. The molecule has 69 heavy (non-hydrogen) atoms. The average Bonchev–Trinajstić information content (AvgIpc) is 3.97. The summed E-state index contributed by atoms with van der Waals surface area (Å²) in [5.74, 6) is 1.52. The van der Waals surface area contributed by atoms with Crippen molar-refractivity contribution in [1.29, 1.82) is 0 Å². The third-order valence-electron chi connectivity index (χ3n) is 11.1. The predicted molar refractivity (Wildman–Crippen MR) is 257 cm³/mol. The number of rotatable bonds is 14. The lowest BCUT2D eigenvalue weighted by atomic mass is 9.89. The molecule has 0 spiro atoms. The second kappa shape index (κ2) is 26.2. The zero-order chi connectivity index (χ0) is 51.2. The van der Waals surface area contributed by atoms with Crippen molar-refractivity contribution in [2.45, 2.75) is 115 Å². The normalized spacial score (nSPS) is 13.4. The number of esters is 2. The summed E-state index contributed by atoms with van der Waals surface area (Å²) in [7, 11) is 0. The molecule has 4 atom stereocenters. The largest absolute Gasteiger partial charge is 0.457 e. The van der Waals surface area contributed by atoms with E-state index in [1.807, 2.05) is 39.8 Å². The number of carbonyl (C=O) groups excluding carboxylic acids is 2. The van der Waals surface area contributed by atoms with E-state index in [-0.39, 0.29) is 88.8 Å². The monoisotopic (exact) mass is 964 g/mol. The number of hydrogen-bond acceptors (Lipinski definition) is 16. The maximum atomic E-state index is 11.6. The quantitative estimate of drug-likeness (QED) is 0.0646. The van der Waals surface area contributed by atoms with Gasteiger partial charge in [-0.1, -0.05) is 107 Å². The van der Waals surface area contributed by atoms with Crippen LogP contribution in [-0.4, -0.2) is 45.2 Å². The maximum Gasteiger partial charge on any atom is 0.308 e. The van der Waals surface area contributed by atoms with Crippen LogP contribution in [-0.2, 0) is 19.1 Å². The lowest BCUT2D eigenvalue weighted by Gasteiger charge is -2.16. The zero-order valence-corrected chi connectivity index (χ0v) is 40.3. The first-order valence-corrected chi connectivity index (χ1v) is 21.9. The van der Waals surface area contributed by atoms with Crippen LogP contribution < -0.4 is 18.9 Å². The summed E-state index contributed by atoms with van der Waals surface area (Å²) in [5.41, 5.74) is 2.38. The molecule has 0 aromatic heterocycles. The van der Waals surface area contributed by atoms with Crippen molar-refractivity contribution < 1.29 is 57.7 Å². The average molecular weight is 965 g/mol. The number of hydrogen-bond donors (Lipinski definition) is 0. The number of nitro benzene ring substituents is 4. The summed E-state index contributed by atoms with van der Waals surface area (Å²) >= 11 is 0. The fourth-order valence-electron chi connectivity index (χ4n) is 6.40. The topological polar surface area (TPSA) is 262 Å². The van der Waals surface area contributed by atoms with Crippen molar-refractivity contribution in [3.8, 4) is 23.0 Å². The Morgan fingerprint density at radius 3 is 1.13 bits per heavy atom. The third-order valence-corrected chi connectivity index (χ3v) is 11.1. The van der Waals surface area contributed by atoms with Gasteiger partial charge in [-0.15, -0.1) is 0 Å². The van der Waals surface area contributed by atoms with Gasteiger partial charge < -0.3 is 28.4 Å². The lowest BCUT2D eigenvalue weighted by Crippen LogP contribution is -2.15.